The van der Waals surface area contributed by atoms with Gasteiger partial charge in [0.05, 0.1) is 23.5 Å². The Morgan fingerprint density at radius 1 is 1.09 bits per heavy atom. The van der Waals surface area contributed by atoms with Crippen LogP contribution < -0.4 is 5.32 Å². The minimum absolute atomic E-state index is 0.0179. The van der Waals surface area contributed by atoms with Gasteiger partial charge in [-0.15, -0.1) is 0 Å². The highest BCUT2D eigenvalue weighted by Gasteiger charge is 2.42. The van der Waals surface area contributed by atoms with E-state index >= 15 is 0 Å². The fourth-order valence-electron chi connectivity index (χ4n) is 4.12. The van der Waals surface area contributed by atoms with Crippen LogP contribution in [-0.2, 0) is 20.8 Å². The zero-order valence-electron chi connectivity index (χ0n) is 17.7. The predicted molar refractivity (Wildman–Crippen MR) is 123 cm³/mol. The standard InChI is InChI=1S/C24H26N2O5S/c1-15(27)18(13-16-7-3-2-4-8-16)23(32)25-14-22(29)26-19(11-12-20(26)24(30)31)17-9-5-6-10-21(17)28/h2-10,18-20,28H,11-14H2,1H3,(H,25,32)(H,30,31)/t18?,19?,20-/m0/s1. The molecular weight excluding hydrogens is 428 g/mol. The lowest BCUT2D eigenvalue weighted by Crippen LogP contribution is -2.47. The number of para-hydroxylation sites is 1. The molecule has 2 aromatic rings. The second-order valence-electron chi connectivity index (χ2n) is 7.88. The van der Waals surface area contributed by atoms with Gasteiger partial charge in [0.1, 0.15) is 17.6 Å². The molecule has 2 unspecified atom stereocenters. The molecule has 1 amide bonds. The van der Waals surface area contributed by atoms with E-state index < -0.39 is 29.9 Å². The van der Waals surface area contributed by atoms with E-state index in [1.165, 1.54) is 17.9 Å². The Labute approximate surface area is 192 Å². The van der Waals surface area contributed by atoms with Gasteiger partial charge in [0, 0.05) is 5.56 Å². The number of carboxylic acid groups (broad SMARTS) is 1. The van der Waals surface area contributed by atoms with Crippen LogP contribution in [-0.4, -0.2) is 50.3 Å². The zero-order chi connectivity index (χ0) is 23.3. The number of likely N-dealkylation sites (tertiary alicyclic amines) is 1. The van der Waals surface area contributed by atoms with Gasteiger partial charge in [-0.2, -0.15) is 0 Å². The lowest BCUT2D eigenvalue weighted by atomic mass is 9.95. The Balaban J connectivity index is 1.72. The lowest BCUT2D eigenvalue weighted by molar-refractivity contribution is -0.149. The molecule has 3 N–H and O–H groups in total. The number of phenolic OH excluding ortho intramolecular Hbond substituents is 1. The fraction of sp³-hybridized carbons (Fsp3) is 0.333. The molecule has 1 heterocycles. The van der Waals surface area contributed by atoms with E-state index in [1.54, 1.807) is 18.2 Å². The SMILES string of the molecule is CC(=O)C(Cc1ccccc1)C(=S)NCC(=O)N1C(c2ccccc2O)CC[C@H]1C(=O)O. The van der Waals surface area contributed by atoms with Crippen LogP contribution in [0.25, 0.3) is 0 Å². The van der Waals surface area contributed by atoms with E-state index in [-0.39, 0.29) is 29.5 Å². The third-order valence-corrected chi connectivity index (χ3v) is 6.19. The van der Waals surface area contributed by atoms with Crippen LogP contribution in [0.15, 0.2) is 54.6 Å². The summed E-state index contributed by atoms with van der Waals surface area (Å²) in [6.45, 7) is 1.23. The van der Waals surface area contributed by atoms with Gasteiger partial charge in [-0.3, -0.25) is 9.59 Å². The van der Waals surface area contributed by atoms with E-state index in [0.717, 1.165) is 5.56 Å². The molecule has 0 spiro atoms. The van der Waals surface area contributed by atoms with Gasteiger partial charge in [0.25, 0.3) is 0 Å². The molecule has 3 rings (SSSR count). The molecule has 3 atom stereocenters. The molecule has 7 nitrogen and oxygen atoms in total. The van der Waals surface area contributed by atoms with E-state index in [2.05, 4.69) is 5.32 Å². The summed E-state index contributed by atoms with van der Waals surface area (Å²) in [5, 5.41) is 22.7. The summed E-state index contributed by atoms with van der Waals surface area (Å²) < 4.78 is 0. The molecule has 168 valence electrons. The quantitative estimate of drug-likeness (QED) is 0.527. The highest BCUT2D eigenvalue weighted by Crippen LogP contribution is 2.39. The van der Waals surface area contributed by atoms with Crippen molar-refractivity contribution in [3.05, 3.63) is 65.7 Å². The average molecular weight is 455 g/mol. The van der Waals surface area contributed by atoms with Gasteiger partial charge in [-0.1, -0.05) is 60.7 Å². The highest BCUT2D eigenvalue weighted by molar-refractivity contribution is 7.80. The number of carboxylic acids is 1. The Morgan fingerprint density at radius 3 is 2.38 bits per heavy atom. The number of thiocarbonyl (C=S) groups is 1. The van der Waals surface area contributed by atoms with Crippen molar-refractivity contribution < 1.29 is 24.6 Å². The summed E-state index contributed by atoms with van der Waals surface area (Å²) in [5.41, 5.74) is 1.46. The number of benzene rings is 2. The number of Topliss-reactive ketones (excluding diaryl/α,β-unsaturated/α-hetero) is 1. The Kier molecular flexibility index (Phi) is 7.58. The van der Waals surface area contributed by atoms with Gasteiger partial charge < -0.3 is 20.4 Å². The van der Waals surface area contributed by atoms with Gasteiger partial charge in [0.15, 0.2) is 0 Å². The normalized spacial score (nSPS) is 18.7. The minimum Gasteiger partial charge on any atom is -0.508 e. The third-order valence-electron chi connectivity index (χ3n) is 5.76. The van der Waals surface area contributed by atoms with Crippen LogP contribution in [0.5, 0.6) is 5.75 Å². The average Bonchev–Trinajstić information content (AvgIpc) is 3.22. The van der Waals surface area contributed by atoms with E-state index in [0.29, 0.717) is 18.4 Å². The smallest absolute Gasteiger partial charge is 0.326 e. The summed E-state index contributed by atoms with van der Waals surface area (Å²) in [6, 6.07) is 14.5. The number of carbonyl (C=O) groups is 3. The molecule has 2 aromatic carbocycles. The largest absolute Gasteiger partial charge is 0.508 e. The molecule has 0 saturated carbocycles. The molecule has 1 aliphatic heterocycles. The molecule has 0 aromatic heterocycles. The van der Waals surface area contributed by atoms with Gasteiger partial charge >= 0.3 is 5.97 Å². The summed E-state index contributed by atoms with van der Waals surface area (Å²) in [6.07, 6.45) is 1.13. The van der Waals surface area contributed by atoms with Crippen LogP contribution in [0.1, 0.15) is 36.9 Å². The lowest BCUT2D eigenvalue weighted by Gasteiger charge is -2.29. The third kappa shape index (κ3) is 5.31. The monoisotopic (exact) mass is 454 g/mol. The number of ketones is 1. The Morgan fingerprint density at radius 2 is 1.75 bits per heavy atom. The summed E-state index contributed by atoms with van der Waals surface area (Å²) in [4.78, 5) is 38.6. The first kappa shape index (κ1) is 23.4. The zero-order valence-corrected chi connectivity index (χ0v) is 18.5. The highest BCUT2D eigenvalue weighted by atomic mass is 32.1. The molecule has 0 bridgehead atoms. The van der Waals surface area contributed by atoms with Gasteiger partial charge in [0.2, 0.25) is 5.91 Å². The second kappa shape index (κ2) is 10.4. The second-order valence-corrected chi connectivity index (χ2v) is 8.32. The van der Waals surface area contributed by atoms with Crippen molar-refractivity contribution in [2.75, 3.05) is 6.54 Å². The number of rotatable bonds is 8. The summed E-state index contributed by atoms with van der Waals surface area (Å²) >= 11 is 5.41. The number of nitrogens with zero attached hydrogens (tertiary/aromatic N) is 1. The molecule has 0 aliphatic carbocycles. The Hall–Kier alpha value is -3.26. The van der Waals surface area contributed by atoms with Crippen molar-refractivity contribution >= 4 is 34.9 Å². The van der Waals surface area contributed by atoms with Crippen LogP contribution >= 0.6 is 12.2 Å². The minimum atomic E-state index is -1.09. The van der Waals surface area contributed by atoms with Crippen molar-refractivity contribution in [1.29, 1.82) is 0 Å². The number of hydrogen-bond donors (Lipinski definition) is 3. The number of carbonyl (C=O) groups excluding carboxylic acids is 2. The maximum atomic E-state index is 13.1. The summed E-state index contributed by atoms with van der Waals surface area (Å²) in [7, 11) is 0. The first-order valence-corrected chi connectivity index (χ1v) is 10.8. The number of nitrogens with one attached hydrogen (secondary N) is 1. The number of amides is 1. The molecule has 1 aliphatic rings. The van der Waals surface area contributed by atoms with Crippen molar-refractivity contribution in [2.24, 2.45) is 5.92 Å². The van der Waals surface area contributed by atoms with Crippen molar-refractivity contribution in [2.45, 2.75) is 38.3 Å². The fourth-order valence-corrected chi connectivity index (χ4v) is 4.45. The number of aromatic hydroxyl groups is 1. The van der Waals surface area contributed by atoms with Crippen LogP contribution in [0, 0.1) is 5.92 Å². The molecular formula is C24H26N2O5S. The van der Waals surface area contributed by atoms with E-state index in [1.807, 2.05) is 30.3 Å². The van der Waals surface area contributed by atoms with Crippen molar-refractivity contribution in [1.82, 2.24) is 10.2 Å². The molecule has 1 saturated heterocycles. The molecule has 8 heteroatoms. The van der Waals surface area contributed by atoms with Crippen molar-refractivity contribution in [3.8, 4) is 5.75 Å². The van der Waals surface area contributed by atoms with Crippen LogP contribution in [0.2, 0.25) is 0 Å². The maximum absolute atomic E-state index is 13.1. The molecule has 32 heavy (non-hydrogen) atoms. The number of aliphatic carboxylic acids is 1. The number of phenols is 1. The maximum Gasteiger partial charge on any atom is 0.326 e. The summed E-state index contributed by atoms with van der Waals surface area (Å²) in [5.74, 6) is -2.22. The van der Waals surface area contributed by atoms with Crippen LogP contribution in [0.4, 0.5) is 0 Å². The van der Waals surface area contributed by atoms with Gasteiger partial charge in [-0.25, -0.2) is 4.79 Å². The molecule has 1 fully saturated rings. The van der Waals surface area contributed by atoms with Gasteiger partial charge in [-0.05, 0) is 37.8 Å². The number of hydrogen-bond acceptors (Lipinski definition) is 5. The van der Waals surface area contributed by atoms with E-state index in [9.17, 15) is 24.6 Å². The topological polar surface area (TPSA) is 107 Å². The first-order chi connectivity index (χ1) is 15.3. The predicted octanol–water partition coefficient (Wildman–Crippen LogP) is 2.87. The first-order valence-electron chi connectivity index (χ1n) is 10.4. The van der Waals surface area contributed by atoms with Crippen LogP contribution in [0.3, 0.4) is 0 Å². The van der Waals surface area contributed by atoms with Crippen molar-refractivity contribution in [3.63, 3.8) is 0 Å². The molecule has 0 radical (unpaired) electrons. The Bertz CT molecular complexity index is 1010. The van der Waals surface area contributed by atoms with E-state index in [4.69, 9.17) is 12.2 Å².